The van der Waals surface area contributed by atoms with Gasteiger partial charge in [0.1, 0.15) is 0 Å². The summed E-state index contributed by atoms with van der Waals surface area (Å²) in [5, 5.41) is 2.72. The van der Waals surface area contributed by atoms with Gasteiger partial charge in [0.15, 0.2) is 0 Å². The largest absolute Gasteiger partial charge is 0.346 e. The molecule has 1 aromatic carbocycles. The Hall–Kier alpha value is -1.04. The zero-order valence-electron chi connectivity index (χ0n) is 9.48. The number of benzene rings is 1. The van der Waals surface area contributed by atoms with Crippen LogP contribution in [0.5, 0.6) is 0 Å². The Bertz CT molecular complexity index is 584. The van der Waals surface area contributed by atoms with Gasteiger partial charge < -0.3 is 5.32 Å². The first-order valence-electron chi connectivity index (χ1n) is 4.92. The van der Waals surface area contributed by atoms with Crippen LogP contribution < -0.4 is 5.32 Å². The Balaban J connectivity index is 3.15. The van der Waals surface area contributed by atoms with Crippen LogP contribution in [0, 0.1) is 0 Å². The molecular formula is C11H11Cl2NO3S. The van der Waals surface area contributed by atoms with Gasteiger partial charge >= 0.3 is 0 Å². The van der Waals surface area contributed by atoms with Crippen LogP contribution in [-0.4, -0.2) is 20.4 Å². The summed E-state index contributed by atoms with van der Waals surface area (Å²) in [6, 6.07) is 3.46. The van der Waals surface area contributed by atoms with Crippen molar-refractivity contribution in [2.24, 2.45) is 0 Å². The van der Waals surface area contributed by atoms with E-state index in [4.69, 9.17) is 22.3 Å². The first-order valence-corrected chi connectivity index (χ1v) is 7.61. The summed E-state index contributed by atoms with van der Waals surface area (Å²) in [6.07, 6.45) is 1.54. The van der Waals surface area contributed by atoms with Crippen molar-refractivity contribution in [3.05, 3.63) is 41.4 Å². The minimum absolute atomic E-state index is 0.119. The quantitative estimate of drug-likeness (QED) is 0.687. The Labute approximate surface area is 115 Å². The second kappa shape index (κ2) is 5.73. The number of carbonyl (C=O) groups is 1. The van der Waals surface area contributed by atoms with Gasteiger partial charge in [0, 0.05) is 27.3 Å². The number of hydrogen-bond donors (Lipinski definition) is 1. The molecule has 0 saturated carbocycles. The Morgan fingerprint density at radius 3 is 2.56 bits per heavy atom. The molecule has 0 fully saturated rings. The third kappa shape index (κ3) is 4.01. The van der Waals surface area contributed by atoms with Gasteiger partial charge in [0.25, 0.3) is 15.0 Å². The molecule has 0 aliphatic rings. The summed E-state index contributed by atoms with van der Waals surface area (Å²) in [5.74, 6) is -0.452. The standard InChI is InChI=1S/C11H11Cl2NO3S/c1-3-7(2)14-11(15)8-4-9(12)6-10(5-8)18(13,16)17/h3-7H,1H2,2H3,(H,14,15). The minimum Gasteiger partial charge on any atom is -0.346 e. The molecule has 0 aliphatic carbocycles. The van der Waals surface area contributed by atoms with Crippen molar-refractivity contribution in [3.63, 3.8) is 0 Å². The van der Waals surface area contributed by atoms with Gasteiger partial charge in [-0.05, 0) is 25.1 Å². The summed E-state index contributed by atoms with van der Waals surface area (Å²) in [5.41, 5.74) is 0.121. The highest BCUT2D eigenvalue weighted by Gasteiger charge is 2.16. The van der Waals surface area contributed by atoms with Crippen LogP contribution in [0.3, 0.4) is 0 Å². The molecule has 0 aromatic heterocycles. The van der Waals surface area contributed by atoms with Crippen LogP contribution in [0.2, 0.25) is 5.02 Å². The maximum Gasteiger partial charge on any atom is 0.261 e. The van der Waals surface area contributed by atoms with Gasteiger partial charge in [-0.2, -0.15) is 0 Å². The maximum absolute atomic E-state index is 11.8. The molecule has 1 N–H and O–H groups in total. The predicted octanol–water partition coefficient (Wildman–Crippen LogP) is 2.57. The van der Waals surface area contributed by atoms with E-state index >= 15 is 0 Å². The van der Waals surface area contributed by atoms with Crippen LogP contribution in [0.15, 0.2) is 35.7 Å². The van der Waals surface area contributed by atoms with Crippen molar-refractivity contribution in [3.8, 4) is 0 Å². The van der Waals surface area contributed by atoms with Gasteiger partial charge in [0.2, 0.25) is 0 Å². The second-order valence-electron chi connectivity index (χ2n) is 3.61. The lowest BCUT2D eigenvalue weighted by Gasteiger charge is -2.10. The summed E-state index contributed by atoms with van der Waals surface area (Å²) in [6.45, 7) is 5.25. The summed E-state index contributed by atoms with van der Waals surface area (Å²) < 4.78 is 22.4. The van der Waals surface area contributed by atoms with E-state index in [1.54, 1.807) is 13.0 Å². The summed E-state index contributed by atoms with van der Waals surface area (Å²) in [4.78, 5) is 11.6. The molecule has 98 valence electrons. The summed E-state index contributed by atoms with van der Waals surface area (Å²) >= 11 is 5.75. The van der Waals surface area contributed by atoms with Crippen LogP contribution in [0.4, 0.5) is 0 Å². The van der Waals surface area contributed by atoms with Gasteiger partial charge in [-0.1, -0.05) is 17.7 Å². The number of hydrogen-bond acceptors (Lipinski definition) is 3. The number of halogens is 2. The predicted molar refractivity (Wildman–Crippen MR) is 71.6 cm³/mol. The van der Waals surface area contributed by atoms with Crippen LogP contribution >= 0.6 is 22.3 Å². The highest BCUT2D eigenvalue weighted by Crippen LogP contribution is 2.22. The third-order valence-corrected chi connectivity index (χ3v) is 3.68. The summed E-state index contributed by atoms with van der Waals surface area (Å²) in [7, 11) is 1.28. The van der Waals surface area contributed by atoms with Gasteiger partial charge in [-0.3, -0.25) is 4.79 Å². The van der Waals surface area contributed by atoms with Crippen molar-refractivity contribution in [1.82, 2.24) is 5.32 Å². The monoisotopic (exact) mass is 307 g/mol. The van der Waals surface area contributed by atoms with Crippen molar-refractivity contribution >= 4 is 37.2 Å². The van der Waals surface area contributed by atoms with Crippen LogP contribution in [0.25, 0.3) is 0 Å². The van der Waals surface area contributed by atoms with E-state index in [9.17, 15) is 13.2 Å². The lowest BCUT2D eigenvalue weighted by Crippen LogP contribution is -2.30. The molecule has 0 spiro atoms. The number of amides is 1. The average molecular weight is 308 g/mol. The molecule has 1 aromatic rings. The maximum atomic E-state index is 11.8. The Morgan fingerprint density at radius 2 is 2.06 bits per heavy atom. The highest BCUT2D eigenvalue weighted by molar-refractivity contribution is 8.13. The number of nitrogens with one attached hydrogen (secondary N) is 1. The van der Waals surface area contributed by atoms with E-state index in [2.05, 4.69) is 11.9 Å². The molecule has 0 saturated heterocycles. The van der Waals surface area contributed by atoms with E-state index in [1.165, 1.54) is 18.2 Å². The Morgan fingerprint density at radius 1 is 1.44 bits per heavy atom. The molecule has 1 amide bonds. The molecule has 0 aliphatic heterocycles. The third-order valence-electron chi connectivity index (χ3n) is 2.13. The molecule has 18 heavy (non-hydrogen) atoms. The Kier molecular flexibility index (Phi) is 4.78. The first-order chi connectivity index (χ1) is 8.24. The van der Waals surface area contributed by atoms with E-state index in [0.717, 1.165) is 0 Å². The van der Waals surface area contributed by atoms with E-state index < -0.39 is 15.0 Å². The molecule has 0 heterocycles. The number of rotatable bonds is 4. The zero-order chi connectivity index (χ0) is 13.9. The molecule has 1 rings (SSSR count). The molecule has 0 bridgehead atoms. The SMILES string of the molecule is C=CC(C)NC(=O)c1cc(Cl)cc(S(=O)(=O)Cl)c1. The normalized spacial score (nSPS) is 12.8. The zero-order valence-corrected chi connectivity index (χ0v) is 11.8. The van der Waals surface area contributed by atoms with Crippen LogP contribution in [0.1, 0.15) is 17.3 Å². The smallest absolute Gasteiger partial charge is 0.261 e. The van der Waals surface area contributed by atoms with E-state index in [-0.39, 0.29) is 21.5 Å². The van der Waals surface area contributed by atoms with Crippen LogP contribution in [-0.2, 0) is 9.05 Å². The van der Waals surface area contributed by atoms with E-state index in [1.807, 2.05) is 0 Å². The fourth-order valence-corrected chi connectivity index (χ4v) is 2.29. The fraction of sp³-hybridized carbons (Fsp3) is 0.182. The second-order valence-corrected chi connectivity index (χ2v) is 6.61. The lowest BCUT2D eigenvalue weighted by atomic mass is 10.2. The van der Waals surface area contributed by atoms with Crippen molar-refractivity contribution in [1.29, 1.82) is 0 Å². The number of carbonyl (C=O) groups excluding carboxylic acids is 1. The van der Waals surface area contributed by atoms with Gasteiger partial charge in [-0.15, -0.1) is 6.58 Å². The topological polar surface area (TPSA) is 63.2 Å². The molecule has 1 unspecified atom stereocenters. The van der Waals surface area contributed by atoms with E-state index in [0.29, 0.717) is 0 Å². The minimum atomic E-state index is -3.93. The van der Waals surface area contributed by atoms with Crippen molar-refractivity contribution < 1.29 is 13.2 Å². The highest BCUT2D eigenvalue weighted by atomic mass is 35.7. The van der Waals surface area contributed by atoms with Crippen molar-refractivity contribution in [2.45, 2.75) is 17.9 Å². The van der Waals surface area contributed by atoms with Gasteiger partial charge in [-0.25, -0.2) is 8.42 Å². The molecule has 0 radical (unpaired) electrons. The molecule has 1 atom stereocenters. The van der Waals surface area contributed by atoms with Crippen molar-refractivity contribution in [2.75, 3.05) is 0 Å². The average Bonchev–Trinajstić information content (AvgIpc) is 2.26. The molecule has 4 nitrogen and oxygen atoms in total. The molecular weight excluding hydrogens is 297 g/mol. The molecule has 7 heteroatoms. The van der Waals surface area contributed by atoms with Gasteiger partial charge in [0.05, 0.1) is 4.90 Å². The lowest BCUT2D eigenvalue weighted by molar-refractivity contribution is 0.0947. The first kappa shape index (κ1) is 15.0. The fourth-order valence-electron chi connectivity index (χ4n) is 1.18.